The molecule has 1 aromatic carbocycles. The standard InChI is InChI=1S/C13H21N3O3S/c14-13-4-2-1-3-12(13)11-20(17,18)15-5-6-16-7-9-19-10-8-16/h1-4,15H,5-11,14H2. The van der Waals surface area contributed by atoms with Crippen LogP contribution in [0.3, 0.4) is 0 Å². The Kier molecular flexibility index (Phi) is 5.36. The van der Waals surface area contributed by atoms with Crippen molar-refractivity contribution in [2.75, 3.05) is 45.1 Å². The van der Waals surface area contributed by atoms with Gasteiger partial charge < -0.3 is 10.5 Å². The zero-order valence-corrected chi connectivity index (χ0v) is 12.2. The quantitative estimate of drug-likeness (QED) is 0.724. The summed E-state index contributed by atoms with van der Waals surface area (Å²) in [6.07, 6.45) is 0. The van der Waals surface area contributed by atoms with E-state index in [9.17, 15) is 8.42 Å². The van der Waals surface area contributed by atoms with E-state index in [0.29, 0.717) is 37.6 Å². The zero-order chi connectivity index (χ0) is 14.4. The third-order valence-electron chi connectivity index (χ3n) is 3.25. The predicted octanol–water partition coefficient (Wildman–Crippen LogP) is 0.0204. The van der Waals surface area contributed by atoms with Crippen molar-refractivity contribution >= 4 is 15.7 Å². The second kappa shape index (κ2) is 7.03. The number of benzene rings is 1. The number of nitrogens with zero attached hydrogens (tertiary/aromatic N) is 1. The minimum Gasteiger partial charge on any atom is -0.398 e. The summed E-state index contributed by atoms with van der Waals surface area (Å²) in [4.78, 5) is 2.18. The first kappa shape index (κ1) is 15.2. The van der Waals surface area contributed by atoms with E-state index in [-0.39, 0.29) is 5.75 Å². The fourth-order valence-corrected chi connectivity index (χ4v) is 3.28. The number of hydrogen-bond donors (Lipinski definition) is 2. The molecule has 0 spiro atoms. The lowest BCUT2D eigenvalue weighted by molar-refractivity contribution is 0.0390. The molecule has 1 fully saturated rings. The molecular formula is C13H21N3O3S. The van der Waals surface area contributed by atoms with E-state index in [0.717, 1.165) is 13.1 Å². The molecule has 1 saturated heterocycles. The number of nitrogens with two attached hydrogens (primary N) is 1. The average molecular weight is 299 g/mol. The summed E-state index contributed by atoms with van der Waals surface area (Å²) in [5.74, 6) is -0.0806. The van der Waals surface area contributed by atoms with Gasteiger partial charge in [0.1, 0.15) is 0 Å². The van der Waals surface area contributed by atoms with E-state index in [1.165, 1.54) is 0 Å². The topological polar surface area (TPSA) is 84.7 Å². The van der Waals surface area contributed by atoms with E-state index in [4.69, 9.17) is 10.5 Å². The Bertz CT molecular complexity index is 527. The molecule has 0 unspecified atom stereocenters. The number of nitrogens with one attached hydrogen (secondary N) is 1. The van der Waals surface area contributed by atoms with Crippen LogP contribution in [-0.2, 0) is 20.5 Å². The lowest BCUT2D eigenvalue weighted by Crippen LogP contribution is -2.41. The van der Waals surface area contributed by atoms with Crippen LogP contribution in [0.15, 0.2) is 24.3 Å². The van der Waals surface area contributed by atoms with Gasteiger partial charge in [0, 0.05) is 31.9 Å². The van der Waals surface area contributed by atoms with Crippen LogP contribution < -0.4 is 10.5 Å². The van der Waals surface area contributed by atoms with Crippen molar-refractivity contribution < 1.29 is 13.2 Å². The highest BCUT2D eigenvalue weighted by Crippen LogP contribution is 2.13. The molecule has 3 N–H and O–H groups in total. The molecule has 1 aliphatic heterocycles. The fourth-order valence-electron chi connectivity index (χ4n) is 2.11. The van der Waals surface area contributed by atoms with Crippen molar-refractivity contribution in [3.8, 4) is 0 Å². The van der Waals surface area contributed by atoms with Gasteiger partial charge in [-0.2, -0.15) is 0 Å². The SMILES string of the molecule is Nc1ccccc1CS(=O)(=O)NCCN1CCOCC1. The zero-order valence-electron chi connectivity index (χ0n) is 11.4. The lowest BCUT2D eigenvalue weighted by Gasteiger charge is -2.26. The molecule has 7 heteroatoms. The monoisotopic (exact) mass is 299 g/mol. The Balaban J connectivity index is 1.80. The summed E-state index contributed by atoms with van der Waals surface area (Å²) in [6.45, 7) is 4.25. The van der Waals surface area contributed by atoms with Crippen LogP contribution in [0, 0.1) is 0 Å². The maximum absolute atomic E-state index is 12.0. The maximum atomic E-state index is 12.0. The molecule has 0 radical (unpaired) electrons. The molecule has 6 nitrogen and oxygen atoms in total. The molecule has 0 bridgehead atoms. The van der Waals surface area contributed by atoms with Gasteiger partial charge in [-0.15, -0.1) is 0 Å². The van der Waals surface area contributed by atoms with Crippen LogP contribution in [0.4, 0.5) is 5.69 Å². The highest BCUT2D eigenvalue weighted by Gasteiger charge is 2.14. The van der Waals surface area contributed by atoms with Crippen molar-refractivity contribution in [1.29, 1.82) is 0 Å². The van der Waals surface area contributed by atoms with Gasteiger partial charge in [-0.1, -0.05) is 18.2 Å². The Morgan fingerprint density at radius 1 is 1.25 bits per heavy atom. The van der Waals surface area contributed by atoms with Gasteiger partial charge in [0.25, 0.3) is 0 Å². The first-order valence-electron chi connectivity index (χ1n) is 6.68. The number of ether oxygens (including phenoxy) is 1. The highest BCUT2D eigenvalue weighted by molar-refractivity contribution is 7.88. The lowest BCUT2D eigenvalue weighted by atomic mass is 10.2. The number of morpholine rings is 1. The predicted molar refractivity (Wildman–Crippen MR) is 78.7 cm³/mol. The first-order chi connectivity index (χ1) is 9.57. The molecule has 0 aliphatic carbocycles. The minimum absolute atomic E-state index is 0.0806. The van der Waals surface area contributed by atoms with Gasteiger partial charge in [-0.3, -0.25) is 4.90 Å². The molecule has 112 valence electrons. The van der Waals surface area contributed by atoms with Crippen molar-refractivity contribution in [2.45, 2.75) is 5.75 Å². The normalized spacial score (nSPS) is 17.2. The second-order valence-electron chi connectivity index (χ2n) is 4.81. The molecule has 0 atom stereocenters. The van der Waals surface area contributed by atoms with Crippen LogP contribution in [0.1, 0.15) is 5.56 Å². The van der Waals surface area contributed by atoms with Crippen LogP contribution >= 0.6 is 0 Å². The fraction of sp³-hybridized carbons (Fsp3) is 0.538. The summed E-state index contributed by atoms with van der Waals surface area (Å²) in [5.41, 5.74) is 6.90. The Morgan fingerprint density at radius 2 is 1.95 bits per heavy atom. The van der Waals surface area contributed by atoms with Crippen LogP contribution in [-0.4, -0.2) is 52.7 Å². The van der Waals surface area contributed by atoms with Gasteiger partial charge in [0.05, 0.1) is 19.0 Å². The van der Waals surface area contributed by atoms with E-state index in [1.807, 2.05) is 0 Å². The summed E-state index contributed by atoms with van der Waals surface area (Å²) in [5, 5.41) is 0. The molecular weight excluding hydrogens is 278 g/mol. The number of nitrogen functional groups attached to an aromatic ring is 1. The second-order valence-corrected chi connectivity index (χ2v) is 6.61. The van der Waals surface area contributed by atoms with Crippen LogP contribution in [0.2, 0.25) is 0 Å². The van der Waals surface area contributed by atoms with Gasteiger partial charge in [-0.25, -0.2) is 13.1 Å². The largest absolute Gasteiger partial charge is 0.398 e. The van der Waals surface area contributed by atoms with Gasteiger partial charge in [-0.05, 0) is 11.6 Å². The summed E-state index contributed by atoms with van der Waals surface area (Å²) >= 11 is 0. The van der Waals surface area contributed by atoms with Gasteiger partial charge >= 0.3 is 0 Å². The molecule has 20 heavy (non-hydrogen) atoms. The summed E-state index contributed by atoms with van der Waals surface area (Å²) < 4.78 is 31.8. The smallest absolute Gasteiger partial charge is 0.215 e. The molecule has 1 heterocycles. The molecule has 1 aromatic rings. The van der Waals surface area contributed by atoms with Crippen LogP contribution in [0.25, 0.3) is 0 Å². The van der Waals surface area contributed by atoms with E-state index >= 15 is 0 Å². The minimum atomic E-state index is -3.35. The first-order valence-corrected chi connectivity index (χ1v) is 8.33. The third-order valence-corrected chi connectivity index (χ3v) is 4.59. The number of para-hydroxylation sites is 1. The Labute approximate surface area is 120 Å². The van der Waals surface area contributed by atoms with Crippen molar-refractivity contribution in [1.82, 2.24) is 9.62 Å². The van der Waals surface area contributed by atoms with E-state index in [2.05, 4.69) is 9.62 Å². The van der Waals surface area contributed by atoms with Gasteiger partial charge in [0.15, 0.2) is 0 Å². The molecule has 2 rings (SSSR count). The summed E-state index contributed by atoms with van der Waals surface area (Å²) in [6, 6.07) is 7.02. The number of hydrogen-bond acceptors (Lipinski definition) is 5. The number of sulfonamides is 1. The molecule has 0 aromatic heterocycles. The van der Waals surface area contributed by atoms with Gasteiger partial charge in [0.2, 0.25) is 10.0 Å². The van der Waals surface area contributed by atoms with Crippen LogP contribution in [0.5, 0.6) is 0 Å². The number of rotatable bonds is 6. The summed E-state index contributed by atoms with van der Waals surface area (Å²) in [7, 11) is -3.35. The van der Waals surface area contributed by atoms with E-state index in [1.54, 1.807) is 24.3 Å². The average Bonchev–Trinajstić information content (AvgIpc) is 2.42. The molecule has 1 aliphatic rings. The Morgan fingerprint density at radius 3 is 2.65 bits per heavy atom. The number of anilines is 1. The molecule has 0 saturated carbocycles. The van der Waals surface area contributed by atoms with Crippen molar-refractivity contribution in [3.63, 3.8) is 0 Å². The van der Waals surface area contributed by atoms with E-state index < -0.39 is 10.0 Å². The highest BCUT2D eigenvalue weighted by atomic mass is 32.2. The van der Waals surface area contributed by atoms with Crippen molar-refractivity contribution in [2.24, 2.45) is 0 Å². The van der Waals surface area contributed by atoms with Crippen molar-refractivity contribution in [3.05, 3.63) is 29.8 Å². The molecule has 0 amide bonds. The third kappa shape index (κ3) is 4.75. The maximum Gasteiger partial charge on any atom is 0.215 e. The Hall–Kier alpha value is -1.15.